The third-order valence-electron chi connectivity index (χ3n) is 3.87. The lowest BCUT2D eigenvalue weighted by Gasteiger charge is -2.38. The Morgan fingerprint density at radius 3 is 2.52 bits per heavy atom. The van der Waals surface area contributed by atoms with Gasteiger partial charge in [0, 0.05) is 31.7 Å². The molecule has 3 heterocycles. The minimum absolute atomic E-state index is 0.515. The van der Waals surface area contributed by atoms with E-state index in [1.54, 1.807) is 25.7 Å². The summed E-state index contributed by atoms with van der Waals surface area (Å²) in [5.74, 6) is 1.24. The van der Waals surface area contributed by atoms with Crippen molar-refractivity contribution in [3.05, 3.63) is 42.5 Å². The highest BCUT2D eigenvalue weighted by atomic mass is 16.5. The summed E-state index contributed by atoms with van der Waals surface area (Å²) in [4.78, 5) is 14.9. The van der Waals surface area contributed by atoms with Crippen LogP contribution in [0.1, 0.15) is 18.5 Å². The molecule has 0 spiro atoms. The Bertz CT molecular complexity index is 598. The molecule has 0 radical (unpaired) electrons. The number of methoxy groups -OCH3 is 1. The highest BCUT2D eigenvalue weighted by Gasteiger charge is 2.36. The number of anilines is 1. The minimum Gasteiger partial charge on any atom is -0.478 e. The van der Waals surface area contributed by atoms with Crippen LogP contribution in [0.2, 0.25) is 0 Å². The molecule has 0 bridgehead atoms. The fourth-order valence-electron chi connectivity index (χ4n) is 2.66. The number of ether oxygens (including phenoxy) is 1. The highest BCUT2D eigenvalue weighted by molar-refractivity contribution is 5.48. The second kappa shape index (κ2) is 5.65. The van der Waals surface area contributed by atoms with Gasteiger partial charge in [0.15, 0.2) is 5.82 Å². The molecule has 6 heteroatoms. The number of rotatable bonds is 3. The molecule has 0 amide bonds. The van der Waals surface area contributed by atoms with E-state index in [2.05, 4.69) is 19.9 Å². The summed E-state index contributed by atoms with van der Waals surface area (Å²) in [6, 6.07) is 5.63. The summed E-state index contributed by atoms with van der Waals surface area (Å²) in [5, 5.41) is 10.8. The zero-order valence-electron chi connectivity index (χ0n) is 11.9. The Kier molecular flexibility index (Phi) is 3.70. The smallest absolute Gasteiger partial charge is 0.257 e. The van der Waals surface area contributed by atoms with Crippen molar-refractivity contribution in [3.63, 3.8) is 0 Å². The summed E-state index contributed by atoms with van der Waals surface area (Å²) in [6.45, 7) is 1.37. The van der Waals surface area contributed by atoms with E-state index in [9.17, 15) is 5.11 Å². The van der Waals surface area contributed by atoms with Gasteiger partial charge < -0.3 is 14.7 Å². The normalized spacial score (nSPS) is 17.5. The summed E-state index contributed by atoms with van der Waals surface area (Å²) in [6.07, 6.45) is 6.17. The molecular weight excluding hydrogens is 268 g/mol. The van der Waals surface area contributed by atoms with Crippen LogP contribution in [0.25, 0.3) is 0 Å². The quantitative estimate of drug-likeness (QED) is 0.919. The van der Waals surface area contributed by atoms with E-state index in [1.807, 2.05) is 18.2 Å². The van der Waals surface area contributed by atoms with Gasteiger partial charge in [-0.1, -0.05) is 6.07 Å². The van der Waals surface area contributed by atoms with Gasteiger partial charge in [0.05, 0.1) is 12.8 Å². The average molecular weight is 286 g/mol. The molecule has 0 aliphatic carbocycles. The number of pyridine rings is 1. The molecule has 1 saturated heterocycles. The van der Waals surface area contributed by atoms with Crippen molar-refractivity contribution in [2.45, 2.75) is 18.4 Å². The summed E-state index contributed by atoms with van der Waals surface area (Å²) in [7, 11) is 1.59. The molecule has 0 atom stereocenters. The van der Waals surface area contributed by atoms with Crippen molar-refractivity contribution < 1.29 is 9.84 Å². The van der Waals surface area contributed by atoms with Gasteiger partial charge in [0.25, 0.3) is 5.88 Å². The maximum Gasteiger partial charge on any atom is 0.257 e. The van der Waals surface area contributed by atoms with Gasteiger partial charge in [-0.05, 0) is 25.0 Å². The van der Waals surface area contributed by atoms with Gasteiger partial charge in [-0.3, -0.25) is 4.98 Å². The first-order valence-electron chi connectivity index (χ1n) is 6.97. The lowest BCUT2D eigenvalue weighted by Crippen LogP contribution is -2.43. The number of piperidine rings is 1. The van der Waals surface area contributed by atoms with Crippen LogP contribution in [0.4, 0.5) is 5.82 Å². The molecule has 6 nitrogen and oxygen atoms in total. The van der Waals surface area contributed by atoms with Crippen molar-refractivity contribution in [2.24, 2.45) is 0 Å². The van der Waals surface area contributed by atoms with Crippen LogP contribution in [-0.2, 0) is 5.60 Å². The Labute approximate surface area is 123 Å². The van der Waals surface area contributed by atoms with Crippen LogP contribution in [0.5, 0.6) is 5.88 Å². The summed E-state index contributed by atoms with van der Waals surface area (Å²) < 4.78 is 5.25. The fourth-order valence-corrected chi connectivity index (χ4v) is 2.66. The topological polar surface area (TPSA) is 71.4 Å². The molecule has 1 N–H and O–H groups in total. The SMILES string of the molecule is COc1nccnc1N1CCC(O)(c2ccccn2)CC1. The largest absolute Gasteiger partial charge is 0.478 e. The van der Waals surface area contributed by atoms with Gasteiger partial charge in [0.2, 0.25) is 0 Å². The lowest BCUT2D eigenvalue weighted by molar-refractivity contribution is 0.00740. The maximum atomic E-state index is 10.8. The zero-order chi connectivity index (χ0) is 14.7. The van der Waals surface area contributed by atoms with Crippen molar-refractivity contribution in [2.75, 3.05) is 25.1 Å². The molecule has 21 heavy (non-hydrogen) atoms. The second-order valence-electron chi connectivity index (χ2n) is 5.12. The third kappa shape index (κ3) is 2.67. The molecule has 110 valence electrons. The second-order valence-corrected chi connectivity index (χ2v) is 5.12. The van der Waals surface area contributed by atoms with Crippen LogP contribution >= 0.6 is 0 Å². The Morgan fingerprint density at radius 2 is 1.86 bits per heavy atom. The monoisotopic (exact) mass is 286 g/mol. The van der Waals surface area contributed by atoms with Gasteiger partial charge in [-0.2, -0.15) is 0 Å². The third-order valence-corrected chi connectivity index (χ3v) is 3.87. The molecule has 1 aliphatic heterocycles. The van der Waals surface area contributed by atoms with E-state index in [4.69, 9.17) is 4.74 Å². The van der Waals surface area contributed by atoms with Gasteiger partial charge in [0.1, 0.15) is 5.60 Å². The van der Waals surface area contributed by atoms with Crippen molar-refractivity contribution in [1.82, 2.24) is 15.0 Å². The van der Waals surface area contributed by atoms with E-state index < -0.39 is 5.60 Å². The number of aromatic nitrogens is 3. The van der Waals surface area contributed by atoms with Crippen molar-refractivity contribution in [3.8, 4) is 5.88 Å². The van der Waals surface area contributed by atoms with Crippen LogP contribution in [0.3, 0.4) is 0 Å². The molecule has 2 aromatic rings. The van der Waals surface area contributed by atoms with E-state index in [0.29, 0.717) is 31.8 Å². The Hall–Kier alpha value is -2.21. The molecular formula is C15H18N4O2. The van der Waals surface area contributed by atoms with E-state index in [-0.39, 0.29) is 0 Å². The van der Waals surface area contributed by atoms with Crippen LogP contribution in [-0.4, -0.2) is 40.3 Å². The van der Waals surface area contributed by atoms with Crippen LogP contribution in [0.15, 0.2) is 36.8 Å². The molecule has 1 fully saturated rings. The van der Waals surface area contributed by atoms with Crippen LogP contribution in [0, 0.1) is 0 Å². The number of hydrogen-bond donors (Lipinski definition) is 1. The van der Waals surface area contributed by atoms with E-state index in [0.717, 1.165) is 11.5 Å². The predicted octanol–water partition coefficient (Wildman–Crippen LogP) is 1.37. The maximum absolute atomic E-state index is 10.8. The zero-order valence-corrected chi connectivity index (χ0v) is 11.9. The molecule has 0 aromatic carbocycles. The summed E-state index contributed by atoms with van der Waals surface area (Å²) in [5.41, 5.74) is -0.136. The standard InChI is InChI=1S/C15H18N4O2/c1-21-14-13(17-8-9-18-14)19-10-5-15(20,6-11-19)12-4-2-3-7-16-12/h2-4,7-9,20H,5-6,10-11H2,1H3. The number of aliphatic hydroxyl groups is 1. The van der Waals surface area contributed by atoms with E-state index in [1.165, 1.54) is 0 Å². The van der Waals surface area contributed by atoms with Gasteiger partial charge >= 0.3 is 0 Å². The number of hydrogen-bond acceptors (Lipinski definition) is 6. The molecule has 0 saturated carbocycles. The van der Waals surface area contributed by atoms with Crippen LogP contribution < -0.4 is 9.64 Å². The first-order chi connectivity index (χ1) is 10.2. The molecule has 2 aromatic heterocycles. The number of nitrogens with zero attached hydrogens (tertiary/aromatic N) is 4. The minimum atomic E-state index is -0.868. The Morgan fingerprint density at radius 1 is 1.10 bits per heavy atom. The fraction of sp³-hybridized carbons (Fsp3) is 0.400. The Balaban J connectivity index is 1.76. The first kappa shape index (κ1) is 13.8. The molecule has 1 aliphatic rings. The van der Waals surface area contributed by atoms with Gasteiger partial charge in [-0.15, -0.1) is 0 Å². The van der Waals surface area contributed by atoms with E-state index >= 15 is 0 Å². The predicted molar refractivity (Wildman–Crippen MR) is 78.2 cm³/mol. The molecule has 0 unspecified atom stereocenters. The lowest BCUT2D eigenvalue weighted by atomic mass is 9.88. The van der Waals surface area contributed by atoms with Crippen molar-refractivity contribution >= 4 is 5.82 Å². The first-order valence-corrected chi connectivity index (χ1v) is 6.97. The highest BCUT2D eigenvalue weighted by Crippen LogP contribution is 2.34. The average Bonchev–Trinajstić information content (AvgIpc) is 2.56. The molecule has 3 rings (SSSR count). The van der Waals surface area contributed by atoms with Crippen molar-refractivity contribution in [1.29, 1.82) is 0 Å². The summed E-state index contributed by atoms with van der Waals surface area (Å²) >= 11 is 0. The van der Waals surface area contributed by atoms with Gasteiger partial charge in [-0.25, -0.2) is 9.97 Å².